The van der Waals surface area contributed by atoms with E-state index in [0.717, 1.165) is 12.8 Å². The van der Waals surface area contributed by atoms with Crippen LogP contribution in [0, 0.1) is 0 Å². The van der Waals surface area contributed by atoms with Gasteiger partial charge in [0.2, 0.25) is 5.91 Å². The van der Waals surface area contributed by atoms with Crippen LogP contribution in [0.3, 0.4) is 0 Å². The number of amides is 1. The highest BCUT2D eigenvalue weighted by Gasteiger charge is 2.13. The molecule has 2 rings (SSSR count). The average Bonchev–Trinajstić information content (AvgIpc) is 2.96. The maximum atomic E-state index is 12.5. The predicted molar refractivity (Wildman–Crippen MR) is 157 cm³/mol. The molecule has 2 aromatic carbocycles. The van der Waals surface area contributed by atoms with Gasteiger partial charge in [-0.3, -0.25) is 4.79 Å². The van der Waals surface area contributed by atoms with Gasteiger partial charge in [-0.05, 0) is 54.4 Å². The molecule has 0 aliphatic carbocycles. The summed E-state index contributed by atoms with van der Waals surface area (Å²) in [6.07, 6.45) is 18.6. The van der Waals surface area contributed by atoms with Crippen molar-refractivity contribution in [3.05, 3.63) is 53.6 Å². The summed E-state index contributed by atoms with van der Waals surface area (Å²) in [6.45, 7) is 2.26. The number of ether oxygens (including phenoxy) is 3. The number of unbranched alkanes of at least 4 members (excludes halogenated alkanes) is 12. The van der Waals surface area contributed by atoms with Crippen LogP contribution < -0.4 is 19.6 Å². The molecule has 0 aliphatic rings. The highest BCUT2D eigenvalue weighted by molar-refractivity contribution is 5.91. The molecular formula is C32H46N2O5. The summed E-state index contributed by atoms with van der Waals surface area (Å²) in [5.41, 5.74) is 3.69. The van der Waals surface area contributed by atoms with Crippen LogP contribution in [-0.4, -0.2) is 32.3 Å². The summed E-state index contributed by atoms with van der Waals surface area (Å²) in [5.74, 6) is 0.745. The van der Waals surface area contributed by atoms with Crippen molar-refractivity contribution in [3.63, 3.8) is 0 Å². The van der Waals surface area contributed by atoms with E-state index in [4.69, 9.17) is 14.2 Å². The predicted octanol–water partition coefficient (Wildman–Crippen LogP) is 7.85. The van der Waals surface area contributed by atoms with Gasteiger partial charge in [0.25, 0.3) is 0 Å². The third-order valence-electron chi connectivity index (χ3n) is 6.63. The molecule has 214 valence electrons. The van der Waals surface area contributed by atoms with Gasteiger partial charge < -0.3 is 14.2 Å². The van der Waals surface area contributed by atoms with Crippen molar-refractivity contribution < 1.29 is 23.8 Å². The average molecular weight is 539 g/mol. The zero-order valence-corrected chi connectivity index (χ0v) is 24.0. The molecule has 39 heavy (non-hydrogen) atoms. The Kier molecular flexibility index (Phi) is 16.1. The van der Waals surface area contributed by atoms with E-state index in [-0.39, 0.29) is 5.91 Å². The van der Waals surface area contributed by atoms with Gasteiger partial charge >= 0.3 is 5.97 Å². The first-order chi connectivity index (χ1) is 19.1. The standard InChI is InChI=1S/C32H46N2O5/c1-4-5-6-7-8-9-10-11-12-13-14-15-16-17-31(35)34-33-25-26-18-23-29(30(24-26)38-3)39-32(36)27-19-21-28(37-2)22-20-27/h18-25H,4-17H2,1-3H3,(H,34,35)/b33-25+. The SMILES string of the molecule is CCCCCCCCCCCCCCCC(=O)N/N=C/c1ccc(OC(=O)c2ccc(OC)cc2)c(OC)c1. The normalized spacial score (nSPS) is 10.9. The van der Waals surface area contributed by atoms with E-state index in [1.165, 1.54) is 77.7 Å². The molecule has 0 atom stereocenters. The lowest BCUT2D eigenvalue weighted by molar-refractivity contribution is -0.121. The van der Waals surface area contributed by atoms with Crippen molar-refractivity contribution in [2.45, 2.75) is 96.8 Å². The lowest BCUT2D eigenvalue weighted by Gasteiger charge is -2.10. The number of hydrogen-bond acceptors (Lipinski definition) is 6. The zero-order chi connectivity index (χ0) is 28.1. The van der Waals surface area contributed by atoms with Crippen LogP contribution in [0.25, 0.3) is 0 Å². The third kappa shape index (κ3) is 13.3. The van der Waals surface area contributed by atoms with Gasteiger partial charge in [0, 0.05) is 6.42 Å². The molecule has 0 saturated heterocycles. The van der Waals surface area contributed by atoms with Crippen molar-refractivity contribution in [1.82, 2.24) is 5.43 Å². The number of benzene rings is 2. The van der Waals surface area contributed by atoms with E-state index in [9.17, 15) is 9.59 Å². The molecule has 1 amide bonds. The number of hydrogen-bond donors (Lipinski definition) is 1. The van der Waals surface area contributed by atoms with E-state index in [2.05, 4.69) is 17.5 Å². The summed E-state index contributed by atoms with van der Waals surface area (Å²) in [7, 11) is 3.06. The largest absolute Gasteiger partial charge is 0.497 e. The topological polar surface area (TPSA) is 86.2 Å². The fourth-order valence-corrected chi connectivity index (χ4v) is 4.27. The number of rotatable bonds is 20. The van der Waals surface area contributed by atoms with E-state index in [1.807, 2.05) is 0 Å². The maximum absolute atomic E-state index is 12.5. The molecule has 0 aliphatic heterocycles. The Morgan fingerprint density at radius 3 is 1.90 bits per heavy atom. The van der Waals surface area contributed by atoms with Gasteiger partial charge in [0.15, 0.2) is 11.5 Å². The molecule has 0 unspecified atom stereocenters. The molecule has 0 bridgehead atoms. The van der Waals surface area contributed by atoms with E-state index < -0.39 is 5.97 Å². The van der Waals surface area contributed by atoms with E-state index in [0.29, 0.717) is 34.8 Å². The summed E-state index contributed by atoms with van der Waals surface area (Å²) < 4.78 is 16.0. The van der Waals surface area contributed by atoms with Gasteiger partial charge in [0.1, 0.15) is 5.75 Å². The number of nitrogens with zero attached hydrogens (tertiary/aromatic N) is 1. The van der Waals surface area contributed by atoms with Crippen LogP contribution in [0.5, 0.6) is 17.2 Å². The first-order valence-electron chi connectivity index (χ1n) is 14.4. The summed E-state index contributed by atoms with van der Waals surface area (Å²) >= 11 is 0. The van der Waals surface area contributed by atoms with Crippen LogP contribution in [0.4, 0.5) is 0 Å². The van der Waals surface area contributed by atoms with Gasteiger partial charge in [-0.2, -0.15) is 5.10 Å². The van der Waals surface area contributed by atoms with Crippen LogP contribution in [0.15, 0.2) is 47.6 Å². The fraction of sp³-hybridized carbons (Fsp3) is 0.531. The van der Waals surface area contributed by atoms with E-state index in [1.54, 1.807) is 55.8 Å². The quantitative estimate of drug-likeness (QED) is 0.0610. The summed E-state index contributed by atoms with van der Waals surface area (Å²) in [6, 6.07) is 11.7. The summed E-state index contributed by atoms with van der Waals surface area (Å²) in [5, 5.41) is 4.05. The smallest absolute Gasteiger partial charge is 0.343 e. The van der Waals surface area contributed by atoms with Crippen molar-refractivity contribution in [3.8, 4) is 17.2 Å². The monoisotopic (exact) mass is 538 g/mol. The first-order valence-corrected chi connectivity index (χ1v) is 14.4. The molecule has 2 aromatic rings. The Labute approximate surface area is 234 Å². The Morgan fingerprint density at radius 2 is 1.33 bits per heavy atom. The highest BCUT2D eigenvalue weighted by atomic mass is 16.6. The van der Waals surface area contributed by atoms with Gasteiger partial charge in [-0.25, -0.2) is 10.2 Å². The lowest BCUT2D eigenvalue weighted by Crippen LogP contribution is -2.16. The second kappa shape index (κ2) is 19.7. The minimum atomic E-state index is -0.502. The Hall–Kier alpha value is -3.35. The molecule has 0 fully saturated rings. The number of carbonyl (C=O) groups is 2. The molecule has 7 nitrogen and oxygen atoms in total. The summed E-state index contributed by atoms with van der Waals surface area (Å²) in [4.78, 5) is 24.5. The third-order valence-corrected chi connectivity index (χ3v) is 6.63. The van der Waals surface area contributed by atoms with Crippen molar-refractivity contribution >= 4 is 18.1 Å². The molecule has 1 N–H and O–H groups in total. The Balaban J connectivity index is 1.62. The molecule has 0 spiro atoms. The number of carbonyl (C=O) groups excluding carboxylic acids is 2. The minimum absolute atomic E-state index is 0.0914. The van der Waals surface area contributed by atoms with Crippen LogP contribution in [0.1, 0.15) is 113 Å². The molecule has 0 aromatic heterocycles. The van der Waals surface area contributed by atoms with Crippen LogP contribution in [0.2, 0.25) is 0 Å². The van der Waals surface area contributed by atoms with Crippen molar-refractivity contribution in [1.29, 1.82) is 0 Å². The molecular weight excluding hydrogens is 492 g/mol. The zero-order valence-electron chi connectivity index (χ0n) is 24.0. The van der Waals surface area contributed by atoms with Gasteiger partial charge in [-0.15, -0.1) is 0 Å². The van der Waals surface area contributed by atoms with Crippen LogP contribution >= 0.6 is 0 Å². The highest BCUT2D eigenvalue weighted by Crippen LogP contribution is 2.28. The number of nitrogens with one attached hydrogen (secondary N) is 1. The second-order valence-corrected chi connectivity index (χ2v) is 9.81. The lowest BCUT2D eigenvalue weighted by atomic mass is 10.0. The molecule has 7 heteroatoms. The molecule has 0 radical (unpaired) electrons. The Bertz CT molecular complexity index is 1000. The maximum Gasteiger partial charge on any atom is 0.343 e. The van der Waals surface area contributed by atoms with Crippen molar-refractivity contribution in [2.24, 2.45) is 5.10 Å². The van der Waals surface area contributed by atoms with Crippen LogP contribution in [-0.2, 0) is 4.79 Å². The number of methoxy groups -OCH3 is 2. The Morgan fingerprint density at radius 1 is 0.744 bits per heavy atom. The van der Waals surface area contributed by atoms with Gasteiger partial charge in [-0.1, -0.05) is 84.0 Å². The fourth-order valence-electron chi connectivity index (χ4n) is 4.27. The number of hydrazone groups is 1. The van der Waals surface area contributed by atoms with Crippen molar-refractivity contribution in [2.75, 3.05) is 14.2 Å². The van der Waals surface area contributed by atoms with Gasteiger partial charge in [0.05, 0.1) is 26.0 Å². The molecule has 0 heterocycles. The molecule has 0 saturated carbocycles. The minimum Gasteiger partial charge on any atom is -0.497 e. The second-order valence-electron chi connectivity index (χ2n) is 9.81. The number of esters is 1. The first kappa shape index (κ1) is 31.9. The van der Waals surface area contributed by atoms with E-state index >= 15 is 0 Å².